The Hall–Kier alpha value is -1.92. The molecule has 0 atom stereocenters. The maximum absolute atomic E-state index is 11.5. The van der Waals surface area contributed by atoms with Gasteiger partial charge >= 0.3 is 5.69 Å². The van der Waals surface area contributed by atoms with Gasteiger partial charge in [-0.05, 0) is 32.1 Å². The zero-order valence-electron chi connectivity index (χ0n) is 12.9. The number of nitrogens with one attached hydrogen (secondary N) is 1. The fourth-order valence-electron chi connectivity index (χ4n) is 2.80. The molecule has 0 aromatic carbocycles. The van der Waals surface area contributed by atoms with Crippen LogP contribution in [-0.4, -0.2) is 27.5 Å². The third kappa shape index (κ3) is 3.28. The predicted octanol–water partition coefficient (Wildman–Crippen LogP) is 3.41. The Balaban J connectivity index is 1.95. The molecule has 0 spiro atoms. The van der Waals surface area contributed by atoms with Crippen LogP contribution in [0, 0.1) is 10.1 Å². The molecule has 1 heterocycles. The molecule has 0 aliphatic heterocycles. The van der Waals surface area contributed by atoms with Gasteiger partial charge in [0.15, 0.2) is 0 Å². The second-order valence-electron chi connectivity index (χ2n) is 6.09. The third-order valence-electron chi connectivity index (χ3n) is 4.13. The van der Waals surface area contributed by atoms with Gasteiger partial charge in [0, 0.05) is 12.0 Å². The van der Waals surface area contributed by atoms with Crippen LogP contribution in [0.5, 0.6) is 5.88 Å². The molecule has 1 aromatic heterocycles. The summed E-state index contributed by atoms with van der Waals surface area (Å²) in [4.78, 5) is 19.8. The van der Waals surface area contributed by atoms with Crippen LogP contribution < -0.4 is 10.1 Å². The van der Waals surface area contributed by atoms with Crippen LogP contribution >= 0.6 is 0 Å². The maximum Gasteiger partial charge on any atom is 0.372 e. The van der Waals surface area contributed by atoms with Crippen LogP contribution in [-0.2, 0) is 0 Å². The van der Waals surface area contributed by atoms with E-state index in [0.717, 1.165) is 44.9 Å². The summed E-state index contributed by atoms with van der Waals surface area (Å²) in [5.74, 6) is 1.45. The summed E-state index contributed by atoms with van der Waals surface area (Å²) in [6, 6.07) is 0.264. The summed E-state index contributed by atoms with van der Waals surface area (Å²) in [6.07, 6.45) is 7.26. The number of nitro groups is 1. The molecule has 2 aliphatic rings. The smallest absolute Gasteiger partial charge is 0.372 e. The molecule has 0 saturated heterocycles. The Morgan fingerprint density at radius 3 is 2.59 bits per heavy atom. The summed E-state index contributed by atoms with van der Waals surface area (Å²) < 4.78 is 5.54. The summed E-state index contributed by atoms with van der Waals surface area (Å²) in [5.41, 5.74) is -0.121. The molecule has 0 bridgehead atoms. The minimum absolute atomic E-state index is 0.115. The lowest BCUT2D eigenvalue weighted by atomic mass is 10.2. The highest BCUT2D eigenvalue weighted by atomic mass is 16.6. The fourth-order valence-corrected chi connectivity index (χ4v) is 2.80. The number of aromatic nitrogens is 2. The van der Waals surface area contributed by atoms with E-state index < -0.39 is 4.92 Å². The summed E-state index contributed by atoms with van der Waals surface area (Å²) in [7, 11) is 0. The van der Waals surface area contributed by atoms with Gasteiger partial charge in [0.1, 0.15) is 5.82 Å². The fraction of sp³-hybridized carbons (Fsp3) is 0.733. The van der Waals surface area contributed by atoms with E-state index in [9.17, 15) is 10.1 Å². The molecule has 22 heavy (non-hydrogen) atoms. The van der Waals surface area contributed by atoms with E-state index in [4.69, 9.17) is 4.74 Å². The average molecular weight is 306 g/mol. The van der Waals surface area contributed by atoms with Gasteiger partial charge in [-0.25, -0.2) is 4.98 Å². The standard InChI is InChI=1S/C15H22N4O3/c1-2-9-22-15-12(19(20)21)14(16-11-5-3-4-6-11)17-13(18-15)10-7-8-10/h10-11H,2-9H2,1H3,(H,16,17,18). The molecule has 3 rings (SSSR count). The summed E-state index contributed by atoms with van der Waals surface area (Å²) in [6.45, 7) is 2.39. The molecular formula is C15H22N4O3. The van der Waals surface area contributed by atoms with E-state index >= 15 is 0 Å². The lowest BCUT2D eigenvalue weighted by Crippen LogP contribution is -2.18. The molecule has 0 radical (unpaired) electrons. The third-order valence-corrected chi connectivity index (χ3v) is 4.13. The van der Waals surface area contributed by atoms with Crippen molar-refractivity contribution in [3.05, 3.63) is 15.9 Å². The molecule has 1 N–H and O–H groups in total. The lowest BCUT2D eigenvalue weighted by molar-refractivity contribution is -0.385. The monoisotopic (exact) mass is 306 g/mol. The zero-order chi connectivity index (χ0) is 15.5. The van der Waals surface area contributed by atoms with Crippen molar-refractivity contribution >= 4 is 11.5 Å². The molecule has 1 aromatic rings. The van der Waals surface area contributed by atoms with Gasteiger partial charge in [-0.2, -0.15) is 4.98 Å². The molecule has 0 amide bonds. The topological polar surface area (TPSA) is 90.2 Å². The number of nitrogens with zero attached hydrogens (tertiary/aromatic N) is 3. The Kier molecular flexibility index (Phi) is 4.40. The first-order valence-corrected chi connectivity index (χ1v) is 8.14. The van der Waals surface area contributed by atoms with Crippen LogP contribution in [0.25, 0.3) is 0 Å². The molecule has 120 valence electrons. The summed E-state index contributed by atoms with van der Waals surface area (Å²) >= 11 is 0. The van der Waals surface area contributed by atoms with Crippen molar-refractivity contribution in [2.45, 2.75) is 63.8 Å². The van der Waals surface area contributed by atoms with E-state index in [1.807, 2.05) is 6.92 Å². The number of hydrogen-bond donors (Lipinski definition) is 1. The number of rotatable bonds is 7. The van der Waals surface area contributed by atoms with E-state index in [0.29, 0.717) is 24.2 Å². The van der Waals surface area contributed by atoms with Crippen molar-refractivity contribution in [1.82, 2.24) is 9.97 Å². The molecule has 2 fully saturated rings. The van der Waals surface area contributed by atoms with Crippen LogP contribution in [0.3, 0.4) is 0 Å². The normalized spacial score (nSPS) is 18.4. The second kappa shape index (κ2) is 6.46. The first-order valence-electron chi connectivity index (χ1n) is 8.14. The Labute approximate surface area is 129 Å². The molecule has 0 unspecified atom stereocenters. The zero-order valence-corrected chi connectivity index (χ0v) is 12.9. The molecule has 2 saturated carbocycles. The predicted molar refractivity (Wildman–Crippen MR) is 82.3 cm³/mol. The minimum Gasteiger partial charge on any atom is -0.473 e. The highest BCUT2D eigenvalue weighted by molar-refractivity contribution is 5.62. The lowest BCUT2D eigenvalue weighted by Gasteiger charge is -2.15. The van der Waals surface area contributed by atoms with Crippen LogP contribution in [0.15, 0.2) is 0 Å². The van der Waals surface area contributed by atoms with Gasteiger partial charge < -0.3 is 10.1 Å². The van der Waals surface area contributed by atoms with Crippen LogP contribution in [0.2, 0.25) is 0 Å². The summed E-state index contributed by atoms with van der Waals surface area (Å²) in [5, 5.41) is 14.7. The SMILES string of the molecule is CCCOc1nc(C2CC2)nc(NC2CCCC2)c1[N+](=O)[O-]. The minimum atomic E-state index is -0.432. The van der Waals surface area contributed by atoms with Gasteiger partial charge in [-0.3, -0.25) is 10.1 Å². The van der Waals surface area contributed by atoms with Crippen molar-refractivity contribution in [2.75, 3.05) is 11.9 Å². The number of anilines is 1. The largest absolute Gasteiger partial charge is 0.473 e. The van der Waals surface area contributed by atoms with Gasteiger partial charge in [-0.1, -0.05) is 19.8 Å². The number of hydrogen-bond acceptors (Lipinski definition) is 6. The average Bonchev–Trinajstić information content (AvgIpc) is 3.23. The van der Waals surface area contributed by atoms with E-state index in [1.54, 1.807) is 0 Å². The van der Waals surface area contributed by atoms with E-state index in [2.05, 4.69) is 15.3 Å². The van der Waals surface area contributed by atoms with Crippen LogP contribution in [0.1, 0.15) is 63.6 Å². The van der Waals surface area contributed by atoms with Gasteiger partial charge in [-0.15, -0.1) is 0 Å². The highest BCUT2D eigenvalue weighted by Crippen LogP contribution is 2.42. The quantitative estimate of drug-likeness (QED) is 0.613. The first kappa shape index (κ1) is 15.0. The van der Waals surface area contributed by atoms with Crippen LogP contribution in [0.4, 0.5) is 11.5 Å². The maximum atomic E-state index is 11.5. The first-order chi connectivity index (χ1) is 10.7. The Bertz CT molecular complexity index is 554. The van der Waals surface area contributed by atoms with E-state index in [-0.39, 0.29) is 17.6 Å². The van der Waals surface area contributed by atoms with E-state index in [1.165, 1.54) is 0 Å². The Morgan fingerprint density at radius 2 is 2.00 bits per heavy atom. The van der Waals surface area contributed by atoms with Gasteiger partial charge in [0.05, 0.1) is 11.5 Å². The molecule has 2 aliphatic carbocycles. The molecule has 7 nitrogen and oxygen atoms in total. The van der Waals surface area contributed by atoms with Crippen molar-refractivity contribution in [3.8, 4) is 5.88 Å². The molecule has 7 heteroatoms. The number of ether oxygens (including phenoxy) is 1. The highest BCUT2D eigenvalue weighted by Gasteiger charge is 2.34. The van der Waals surface area contributed by atoms with Crippen molar-refractivity contribution < 1.29 is 9.66 Å². The van der Waals surface area contributed by atoms with Crippen molar-refractivity contribution in [1.29, 1.82) is 0 Å². The van der Waals surface area contributed by atoms with Gasteiger partial charge in [0.25, 0.3) is 5.88 Å². The van der Waals surface area contributed by atoms with Gasteiger partial charge in [0.2, 0.25) is 5.82 Å². The van der Waals surface area contributed by atoms with Crippen molar-refractivity contribution in [3.63, 3.8) is 0 Å². The van der Waals surface area contributed by atoms with Crippen molar-refractivity contribution in [2.24, 2.45) is 0 Å². The second-order valence-corrected chi connectivity index (χ2v) is 6.09. The Morgan fingerprint density at radius 1 is 1.27 bits per heavy atom. The molecular weight excluding hydrogens is 284 g/mol.